The van der Waals surface area contributed by atoms with Gasteiger partial charge in [-0.3, -0.25) is 19.3 Å². The SMILES string of the molecule is COc1cnc(OC2CCN(C(=O)C(C)N3C(=O)c4ccccc4C3=O)CC2)nc1. The smallest absolute Gasteiger partial charge is 0.316 e. The first kappa shape index (κ1) is 19.8. The maximum atomic E-state index is 13.0. The highest BCUT2D eigenvalue weighted by Crippen LogP contribution is 2.26. The number of amides is 3. The van der Waals surface area contributed by atoms with Crippen LogP contribution in [-0.4, -0.2) is 69.8 Å². The van der Waals surface area contributed by atoms with E-state index in [4.69, 9.17) is 9.47 Å². The summed E-state index contributed by atoms with van der Waals surface area (Å²) in [7, 11) is 1.54. The summed E-state index contributed by atoms with van der Waals surface area (Å²) >= 11 is 0. The van der Waals surface area contributed by atoms with Crippen LogP contribution in [0.5, 0.6) is 11.8 Å². The number of imide groups is 1. The minimum Gasteiger partial charge on any atom is -0.494 e. The van der Waals surface area contributed by atoms with E-state index < -0.39 is 17.9 Å². The summed E-state index contributed by atoms with van der Waals surface area (Å²) in [6, 6.07) is 6.03. The third-order valence-electron chi connectivity index (χ3n) is 5.44. The molecule has 1 unspecified atom stereocenters. The number of rotatable bonds is 5. The summed E-state index contributed by atoms with van der Waals surface area (Å²) in [5.74, 6) is -0.550. The first-order chi connectivity index (χ1) is 14.5. The van der Waals surface area contributed by atoms with Gasteiger partial charge in [0.25, 0.3) is 11.8 Å². The fraction of sp³-hybridized carbons (Fsp3) is 0.381. The van der Waals surface area contributed by atoms with Crippen LogP contribution in [0, 0.1) is 0 Å². The Morgan fingerprint density at radius 1 is 1.07 bits per heavy atom. The molecule has 1 aromatic carbocycles. The molecule has 30 heavy (non-hydrogen) atoms. The summed E-state index contributed by atoms with van der Waals surface area (Å²) in [6.07, 6.45) is 4.17. The highest BCUT2D eigenvalue weighted by atomic mass is 16.5. The zero-order chi connectivity index (χ0) is 21.3. The van der Waals surface area contributed by atoms with Gasteiger partial charge in [-0.25, -0.2) is 0 Å². The molecule has 0 radical (unpaired) electrons. The van der Waals surface area contributed by atoms with Gasteiger partial charge in [0.2, 0.25) is 5.91 Å². The Hall–Kier alpha value is -3.49. The van der Waals surface area contributed by atoms with Crippen molar-refractivity contribution in [3.63, 3.8) is 0 Å². The number of carbonyl (C=O) groups is 3. The molecule has 0 N–H and O–H groups in total. The lowest BCUT2D eigenvalue weighted by atomic mass is 10.1. The molecule has 1 atom stereocenters. The first-order valence-corrected chi connectivity index (χ1v) is 9.78. The number of hydrogen-bond donors (Lipinski definition) is 0. The van der Waals surface area contributed by atoms with Crippen LogP contribution in [0.1, 0.15) is 40.5 Å². The van der Waals surface area contributed by atoms with Gasteiger partial charge in [-0.05, 0) is 19.1 Å². The molecule has 2 aliphatic heterocycles. The highest BCUT2D eigenvalue weighted by Gasteiger charge is 2.42. The average molecular weight is 410 g/mol. The molecular formula is C21H22N4O5. The number of benzene rings is 1. The topological polar surface area (TPSA) is 102 Å². The molecule has 2 aliphatic rings. The third kappa shape index (κ3) is 3.58. The quantitative estimate of drug-likeness (QED) is 0.689. The van der Waals surface area contributed by atoms with Crippen molar-refractivity contribution in [2.75, 3.05) is 20.2 Å². The van der Waals surface area contributed by atoms with E-state index in [1.54, 1.807) is 36.1 Å². The predicted octanol–water partition coefficient (Wildman–Crippen LogP) is 1.54. The molecule has 0 bridgehead atoms. The standard InChI is InChI=1S/C21H22N4O5/c1-13(25-19(27)16-5-3-4-6-17(16)20(25)28)18(26)24-9-7-14(8-10-24)30-21-22-11-15(29-2)12-23-21/h3-6,11-14H,7-10H2,1-2H3. The second-order valence-corrected chi connectivity index (χ2v) is 7.25. The number of nitrogens with zero attached hydrogens (tertiary/aromatic N) is 4. The van der Waals surface area contributed by atoms with Crippen LogP contribution in [0.25, 0.3) is 0 Å². The molecule has 9 heteroatoms. The molecule has 1 aromatic heterocycles. The van der Waals surface area contributed by atoms with Gasteiger partial charge in [-0.2, -0.15) is 9.97 Å². The number of methoxy groups -OCH3 is 1. The molecule has 2 aromatic rings. The van der Waals surface area contributed by atoms with Crippen molar-refractivity contribution in [2.45, 2.75) is 31.9 Å². The highest BCUT2D eigenvalue weighted by molar-refractivity contribution is 6.22. The number of piperidine rings is 1. The van der Waals surface area contributed by atoms with Crippen molar-refractivity contribution in [3.05, 3.63) is 47.8 Å². The van der Waals surface area contributed by atoms with Gasteiger partial charge >= 0.3 is 6.01 Å². The van der Waals surface area contributed by atoms with Crippen LogP contribution in [0.2, 0.25) is 0 Å². The van der Waals surface area contributed by atoms with Gasteiger partial charge in [-0.15, -0.1) is 0 Å². The van der Waals surface area contributed by atoms with E-state index >= 15 is 0 Å². The summed E-state index contributed by atoms with van der Waals surface area (Å²) in [6.45, 7) is 2.53. The molecule has 1 fully saturated rings. The Morgan fingerprint density at radius 2 is 1.63 bits per heavy atom. The van der Waals surface area contributed by atoms with Gasteiger partial charge in [0.1, 0.15) is 12.1 Å². The Labute approximate surface area is 173 Å². The van der Waals surface area contributed by atoms with Gasteiger partial charge < -0.3 is 14.4 Å². The van der Waals surface area contributed by atoms with Crippen molar-refractivity contribution < 1.29 is 23.9 Å². The summed E-state index contributed by atoms with van der Waals surface area (Å²) in [4.78, 5) is 49.1. The molecule has 0 saturated carbocycles. The monoisotopic (exact) mass is 410 g/mol. The maximum absolute atomic E-state index is 13.0. The Bertz CT molecular complexity index is 935. The number of likely N-dealkylation sites (tertiary alicyclic amines) is 1. The first-order valence-electron chi connectivity index (χ1n) is 9.78. The summed E-state index contributed by atoms with van der Waals surface area (Å²) < 4.78 is 10.8. The van der Waals surface area contributed by atoms with E-state index in [-0.39, 0.29) is 18.0 Å². The number of carbonyl (C=O) groups excluding carboxylic acids is 3. The van der Waals surface area contributed by atoms with Gasteiger partial charge in [0, 0.05) is 25.9 Å². The van der Waals surface area contributed by atoms with Crippen molar-refractivity contribution in [3.8, 4) is 11.8 Å². The fourth-order valence-electron chi connectivity index (χ4n) is 3.75. The Morgan fingerprint density at radius 3 is 2.17 bits per heavy atom. The number of aromatic nitrogens is 2. The minimum absolute atomic E-state index is 0.114. The average Bonchev–Trinajstić information content (AvgIpc) is 3.04. The largest absolute Gasteiger partial charge is 0.494 e. The van der Waals surface area contributed by atoms with E-state index in [2.05, 4.69) is 9.97 Å². The Kier molecular flexibility index (Phi) is 5.35. The van der Waals surface area contributed by atoms with Crippen LogP contribution in [0.3, 0.4) is 0 Å². The molecule has 156 valence electrons. The van der Waals surface area contributed by atoms with Crippen molar-refractivity contribution in [1.82, 2.24) is 19.8 Å². The molecule has 0 spiro atoms. The zero-order valence-electron chi connectivity index (χ0n) is 16.8. The van der Waals surface area contributed by atoms with E-state index in [1.807, 2.05) is 0 Å². The van der Waals surface area contributed by atoms with Crippen LogP contribution in [-0.2, 0) is 4.79 Å². The lowest BCUT2D eigenvalue weighted by Crippen LogP contribution is -2.52. The lowest BCUT2D eigenvalue weighted by molar-refractivity contribution is -0.136. The molecule has 9 nitrogen and oxygen atoms in total. The normalized spacial score (nSPS) is 17.7. The van der Waals surface area contributed by atoms with Gasteiger partial charge in [0.05, 0.1) is 30.6 Å². The van der Waals surface area contributed by atoms with Crippen molar-refractivity contribution in [1.29, 1.82) is 0 Å². The number of hydrogen-bond acceptors (Lipinski definition) is 7. The fourth-order valence-corrected chi connectivity index (χ4v) is 3.75. The zero-order valence-corrected chi connectivity index (χ0v) is 16.8. The molecule has 0 aliphatic carbocycles. The van der Waals surface area contributed by atoms with E-state index in [0.717, 1.165) is 4.90 Å². The molecule has 1 saturated heterocycles. The summed E-state index contributed by atoms with van der Waals surface area (Å²) in [5.41, 5.74) is 0.683. The maximum Gasteiger partial charge on any atom is 0.316 e. The third-order valence-corrected chi connectivity index (χ3v) is 5.44. The molecule has 4 rings (SSSR count). The van der Waals surface area contributed by atoms with E-state index in [9.17, 15) is 14.4 Å². The molecule has 3 heterocycles. The van der Waals surface area contributed by atoms with Gasteiger partial charge in [-0.1, -0.05) is 12.1 Å². The minimum atomic E-state index is -0.861. The summed E-state index contributed by atoms with van der Waals surface area (Å²) in [5, 5.41) is 0. The second kappa shape index (κ2) is 8.10. The van der Waals surface area contributed by atoms with Crippen LogP contribution in [0.4, 0.5) is 0 Å². The lowest BCUT2D eigenvalue weighted by Gasteiger charge is -2.34. The van der Waals surface area contributed by atoms with Crippen molar-refractivity contribution >= 4 is 17.7 Å². The van der Waals surface area contributed by atoms with E-state index in [1.165, 1.54) is 19.5 Å². The van der Waals surface area contributed by atoms with E-state index in [0.29, 0.717) is 42.8 Å². The number of ether oxygens (including phenoxy) is 2. The van der Waals surface area contributed by atoms with Crippen LogP contribution in [0.15, 0.2) is 36.7 Å². The molecule has 3 amide bonds. The van der Waals surface area contributed by atoms with Gasteiger partial charge in [0.15, 0.2) is 5.75 Å². The van der Waals surface area contributed by atoms with Crippen LogP contribution < -0.4 is 9.47 Å². The Balaban J connectivity index is 1.35. The van der Waals surface area contributed by atoms with Crippen molar-refractivity contribution in [2.24, 2.45) is 0 Å². The number of fused-ring (bicyclic) bond motifs is 1. The van der Waals surface area contributed by atoms with Crippen LogP contribution >= 0.6 is 0 Å². The second-order valence-electron chi connectivity index (χ2n) is 7.25. The predicted molar refractivity (Wildman–Crippen MR) is 105 cm³/mol. The molecular weight excluding hydrogens is 388 g/mol.